The lowest BCUT2D eigenvalue weighted by Gasteiger charge is -2.10. The monoisotopic (exact) mass is 348 g/mol. The van der Waals surface area contributed by atoms with Crippen LogP contribution in [0.1, 0.15) is 20.7 Å². The topological polar surface area (TPSA) is 61.8 Å². The third kappa shape index (κ3) is 4.08. The molecule has 0 fully saturated rings. The number of carbonyl (C=O) groups is 2. The Morgan fingerprint density at radius 3 is 1.77 bits per heavy atom. The average Bonchev–Trinajstić information content (AvgIpc) is 2.69. The van der Waals surface area contributed by atoms with Crippen LogP contribution in [0.2, 0.25) is 0 Å². The third-order valence-corrected chi connectivity index (χ3v) is 3.56. The van der Waals surface area contributed by atoms with Gasteiger partial charge in [-0.05, 0) is 42.5 Å². The zero-order chi connectivity index (χ0) is 18.4. The maximum absolute atomic E-state index is 12.5. The lowest BCUT2D eigenvalue weighted by Crippen LogP contribution is -2.14. The van der Waals surface area contributed by atoms with Crippen LogP contribution < -0.4 is 14.2 Å². The Labute approximate surface area is 150 Å². The van der Waals surface area contributed by atoms with E-state index in [1.165, 1.54) is 25.3 Å². The van der Waals surface area contributed by atoms with Gasteiger partial charge in [0.1, 0.15) is 22.8 Å². The van der Waals surface area contributed by atoms with Crippen LogP contribution in [0.3, 0.4) is 0 Å². The van der Waals surface area contributed by atoms with Gasteiger partial charge in [0.2, 0.25) is 0 Å². The Balaban J connectivity index is 1.84. The fourth-order valence-corrected chi connectivity index (χ4v) is 2.30. The predicted molar refractivity (Wildman–Crippen MR) is 95.8 cm³/mol. The first-order valence-electron chi connectivity index (χ1n) is 7.90. The van der Waals surface area contributed by atoms with Crippen molar-refractivity contribution >= 4 is 11.9 Å². The van der Waals surface area contributed by atoms with Gasteiger partial charge in [-0.15, -0.1) is 0 Å². The summed E-state index contributed by atoms with van der Waals surface area (Å²) in [7, 11) is 1.44. The Morgan fingerprint density at radius 2 is 1.23 bits per heavy atom. The summed E-state index contributed by atoms with van der Waals surface area (Å²) in [6, 6.07) is 21.8. The molecule has 3 aromatic carbocycles. The van der Waals surface area contributed by atoms with Crippen LogP contribution in [-0.2, 0) is 0 Å². The number of methoxy groups -OCH3 is 1. The van der Waals surface area contributed by atoms with E-state index >= 15 is 0 Å². The Bertz CT molecular complexity index is 904. The molecule has 5 nitrogen and oxygen atoms in total. The van der Waals surface area contributed by atoms with Crippen molar-refractivity contribution in [2.45, 2.75) is 0 Å². The van der Waals surface area contributed by atoms with Crippen LogP contribution in [0.25, 0.3) is 0 Å². The van der Waals surface area contributed by atoms with Crippen molar-refractivity contribution in [2.75, 3.05) is 7.11 Å². The van der Waals surface area contributed by atoms with Crippen molar-refractivity contribution in [1.82, 2.24) is 0 Å². The summed E-state index contributed by atoms with van der Waals surface area (Å²) >= 11 is 0. The molecule has 3 aromatic rings. The van der Waals surface area contributed by atoms with Crippen LogP contribution >= 0.6 is 0 Å². The molecule has 26 heavy (non-hydrogen) atoms. The van der Waals surface area contributed by atoms with E-state index in [0.717, 1.165) is 0 Å². The SMILES string of the molecule is COc1ccc(C(=O)Oc2ccccc2)cc1C(=O)Oc1ccccc1. The quantitative estimate of drug-likeness (QED) is 0.512. The normalized spacial score (nSPS) is 10.0. The van der Waals surface area contributed by atoms with Gasteiger partial charge in [-0.25, -0.2) is 9.59 Å². The first kappa shape index (κ1) is 17.2. The summed E-state index contributed by atoms with van der Waals surface area (Å²) in [5, 5.41) is 0. The molecule has 0 saturated carbocycles. The Morgan fingerprint density at radius 1 is 0.692 bits per heavy atom. The highest BCUT2D eigenvalue weighted by Crippen LogP contribution is 2.23. The first-order valence-corrected chi connectivity index (χ1v) is 7.90. The molecule has 0 aliphatic heterocycles. The molecule has 0 aromatic heterocycles. The van der Waals surface area contributed by atoms with Gasteiger partial charge < -0.3 is 14.2 Å². The standard InChI is InChI=1S/C21H16O5/c1-24-19-13-12-15(20(22)25-16-8-4-2-5-9-16)14-18(19)21(23)26-17-10-6-3-7-11-17/h2-14H,1H3. The third-order valence-electron chi connectivity index (χ3n) is 3.56. The Kier molecular flexibility index (Phi) is 5.29. The summed E-state index contributed by atoms with van der Waals surface area (Å²) < 4.78 is 15.8. The summed E-state index contributed by atoms with van der Waals surface area (Å²) in [6.45, 7) is 0. The molecule has 5 heteroatoms. The second kappa shape index (κ2) is 7.98. The average molecular weight is 348 g/mol. The van der Waals surface area contributed by atoms with Crippen molar-refractivity contribution in [2.24, 2.45) is 0 Å². The molecule has 0 spiro atoms. The van der Waals surface area contributed by atoms with Gasteiger partial charge in [-0.3, -0.25) is 0 Å². The number of benzene rings is 3. The van der Waals surface area contributed by atoms with Crippen LogP contribution in [0.4, 0.5) is 0 Å². The van der Waals surface area contributed by atoms with Crippen LogP contribution in [0, 0.1) is 0 Å². The largest absolute Gasteiger partial charge is 0.496 e. The fraction of sp³-hybridized carbons (Fsp3) is 0.0476. The van der Waals surface area contributed by atoms with Gasteiger partial charge in [0.05, 0.1) is 12.7 Å². The Hall–Kier alpha value is -3.60. The molecule has 0 radical (unpaired) electrons. The van der Waals surface area contributed by atoms with Gasteiger partial charge in [0.25, 0.3) is 0 Å². The van der Waals surface area contributed by atoms with Gasteiger partial charge in [0.15, 0.2) is 0 Å². The minimum absolute atomic E-state index is 0.138. The number of hydrogen-bond donors (Lipinski definition) is 0. The molecule has 0 saturated heterocycles. The maximum atomic E-state index is 12.5. The minimum Gasteiger partial charge on any atom is -0.496 e. The molecule has 0 aliphatic rings. The zero-order valence-electron chi connectivity index (χ0n) is 14.0. The fourth-order valence-electron chi connectivity index (χ4n) is 2.30. The lowest BCUT2D eigenvalue weighted by molar-refractivity contribution is 0.0731. The lowest BCUT2D eigenvalue weighted by atomic mass is 10.1. The van der Waals surface area contributed by atoms with E-state index in [0.29, 0.717) is 17.2 Å². The molecule has 3 rings (SSSR count). The van der Waals surface area contributed by atoms with E-state index in [1.807, 2.05) is 12.1 Å². The van der Waals surface area contributed by atoms with Gasteiger partial charge in [0, 0.05) is 0 Å². The van der Waals surface area contributed by atoms with E-state index < -0.39 is 11.9 Å². The molecular weight excluding hydrogens is 332 g/mol. The highest BCUT2D eigenvalue weighted by atomic mass is 16.5. The summed E-state index contributed by atoms with van der Waals surface area (Å²) in [6.07, 6.45) is 0. The molecular formula is C21H16O5. The number of para-hydroxylation sites is 2. The second-order valence-electron chi connectivity index (χ2n) is 5.32. The van der Waals surface area contributed by atoms with Crippen LogP contribution in [0.15, 0.2) is 78.9 Å². The molecule has 0 unspecified atom stereocenters. The van der Waals surface area contributed by atoms with E-state index in [2.05, 4.69) is 0 Å². The molecule has 0 heterocycles. The van der Waals surface area contributed by atoms with Crippen molar-refractivity contribution < 1.29 is 23.8 Å². The van der Waals surface area contributed by atoms with E-state index in [9.17, 15) is 9.59 Å². The highest BCUT2D eigenvalue weighted by Gasteiger charge is 2.19. The summed E-state index contributed by atoms with van der Waals surface area (Å²) in [5.41, 5.74) is 0.355. The second-order valence-corrected chi connectivity index (χ2v) is 5.32. The number of esters is 2. The highest BCUT2D eigenvalue weighted by molar-refractivity contribution is 5.98. The number of rotatable bonds is 5. The van der Waals surface area contributed by atoms with Gasteiger partial charge in [-0.2, -0.15) is 0 Å². The molecule has 0 aliphatic carbocycles. The minimum atomic E-state index is -0.623. The predicted octanol–water partition coefficient (Wildman–Crippen LogP) is 4.13. The summed E-state index contributed by atoms with van der Waals surface area (Å²) in [5.74, 6) is -0.0734. The van der Waals surface area contributed by atoms with Gasteiger partial charge >= 0.3 is 11.9 Å². The smallest absolute Gasteiger partial charge is 0.347 e. The molecule has 130 valence electrons. The molecule has 0 bridgehead atoms. The maximum Gasteiger partial charge on any atom is 0.347 e. The van der Waals surface area contributed by atoms with E-state index in [-0.39, 0.29) is 11.1 Å². The van der Waals surface area contributed by atoms with Crippen molar-refractivity contribution in [3.63, 3.8) is 0 Å². The van der Waals surface area contributed by atoms with Crippen molar-refractivity contribution in [1.29, 1.82) is 0 Å². The molecule has 0 amide bonds. The van der Waals surface area contributed by atoms with E-state index in [4.69, 9.17) is 14.2 Å². The molecule has 0 atom stereocenters. The number of carbonyl (C=O) groups excluding carboxylic acids is 2. The zero-order valence-corrected chi connectivity index (χ0v) is 14.0. The summed E-state index contributed by atoms with van der Waals surface area (Å²) in [4.78, 5) is 24.8. The first-order chi connectivity index (χ1) is 12.7. The van der Waals surface area contributed by atoms with E-state index in [1.54, 1.807) is 48.5 Å². The van der Waals surface area contributed by atoms with Crippen LogP contribution in [0.5, 0.6) is 17.2 Å². The van der Waals surface area contributed by atoms with Gasteiger partial charge in [-0.1, -0.05) is 36.4 Å². The van der Waals surface area contributed by atoms with Crippen LogP contribution in [-0.4, -0.2) is 19.0 Å². The molecule has 0 N–H and O–H groups in total. The van der Waals surface area contributed by atoms with Crippen molar-refractivity contribution in [3.8, 4) is 17.2 Å². The number of ether oxygens (including phenoxy) is 3. The number of hydrogen-bond acceptors (Lipinski definition) is 5. The van der Waals surface area contributed by atoms with Crippen molar-refractivity contribution in [3.05, 3.63) is 90.0 Å².